The van der Waals surface area contributed by atoms with Gasteiger partial charge in [-0.25, -0.2) is 9.78 Å². The Balaban J connectivity index is 1.77. The molecule has 0 amide bonds. The molecule has 3 rings (SSSR count). The topological polar surface area (TPSA) is 86.8 Å². The second-order valence-corrected chi connectivity index (χ2v) is 7.00. The molecule has 1 unspecified atom stereocenters. The average molecular weight is 445 g/mol. The van der Waals surface area contributed by atoms with E-state index in [0.29, 0.717) is 17.3 Å². The van der Waals surface area contributed by atoms with Crippen LogP contribution in [0.15, 0.2) is 40.0 Å². The third kappa shape index (κ3) is 4.23. The predicted octanol–water partition coefficient (Wildman–Crippen LogP) is 4.45. The van der Waals surface area contributed by atoms with Crippen molar-refractivity contribution in [1.82, 2.24) is 4.98 Å². The lowest BCUT2D eigenvalue weighted by Gasteiger charge is -2.12. The monoisotopic (exact) mass is 443 g/mol. The van der Waals surface area contributed by atoms with E-state index in [4.69, 9.17) is 38.5 Å². The number of hydrogen-bond donors (Lipinski definition) is 1. The van der Waals surface area contributed by atoms with Gasteiger partial charge in [0.25, 0.3) is 0 Å². The Morgan fingerprint density at radius 2 is 2.08 bits per heavy atom. The summed E-state index contributed by atoms with van der Waals surface area (Å²) in [5.41, 5.74) is 7.25. The van der Waals surface area contributed by atoms with Gasteiger partial charge in [-0.1, -0.05) is 56.4 Å². The molecule has 0 radical (unpaired) electrons. The van der Waals surface area contributed by atoms with Crippen molar-refractivity contribution in [2.24, 2.45) is 5.16 Å². The van der Waals surface area contributed by atoms with Crippen LogP contribution in [-0.2, 0) is 16.2 Å². The lowest BCUT2D eigenvalue weighted by atomic mass is 10.1. The first-order valence-corrected chi connectivity index (χ1v) is 8.74. The maximum atomic E-state index is 12.4. The van der Waals surface area contributed by atoms with Gasteiger partial charge in [-0.15, -0.1) is 0 Å². The molecule has 0 bridgehead atoms. The van der Waals surface area contributed by atoms with Gasteiger partial charge >= 0.3 is 5.97 Å². The maximum absolute atomic E-state index is 12.4. The number of aromatic nitrogens is 1. The molecule has 1 atom stereocenters. The van der Waals surface area contributed by atoms with E-state index in [9.17, 15) is 4.79 Å². The second kappa shape index (κ2) is 7.59. The number of ether oxygens (including phenoxy) is 1. The highest BCUT2D eigenvalue weighted by Crippen LogP contribution is 2.32. The zero-order valence-corrected chi connectivity index (χ0v) is 15.8. The number of hydrogen-bond acceptors (Lipinski definition) is 6. The summed E-state index contributed by atoms with van der Waals surface area (Å²) in [5.74, 6) is -0.675. The molecule has 9 heteroatoms. The van der Waals surface area contributed by atoms with Crippen LogP contribution in [0.3, 0.4) is 0 Å². The number of nitrogens with two attached hydrogens (primary N) is 1. The summed E-state index contributed by atoms with van der Waals surface area (Å²) in [6.07, 6.45) is -0.159. The Bertz CT molecular complexity index is 843. The molecular formula is C16H12BrCl2N3O3. The van der Waals surface area contributed by atoms with Gasteiger partial charge in [0.2, 0.25) is 0 Å². The molecule has 6 nitrogen and oxygen atoms in total. The highest BCUT2D eigenvalue weighted by Gasteiger charge is 2.26. The van der Waals surface area contributed by atoms with Crippen LogP contribution < -0.4 is 5.73 Å². The minimum Gasteiger partial charge on any atom is -0.456 e. The first kappa shape index (κ1) is 18.0. The van der Waals surface area contributed by atoms with Crippen LogP contribution in [0.25, 0.3) is 0 Å². The molecule has 0 spiro atoms. The molecule has 1 aliphatic rings. The van der Waals surface area contributed by atoms with E-state index in [2.05, 4.69) is 26.1 Å². The van der Waals surface area contributed by atoms with Crippen molar-refractivity contribution in [1.29, 1.82) is 0 Å². The summed E-state index contributed by atoms with van der Waals surface area (Å²) >= 11 is 15.3. The molecule has 0 saturated heterocycles. The van der Waals surface area contributed by atoms with Gasteiger partial charge in [-0.05, 0) is 23.8 Å². The predicted molar refractivity (Wildman–Crippen MR) is 98.7 cm³/mol. The Hall–Kier alpha value is -1.83. The number of nitrogen functional groups attached to an aromatic ring is 1. The number of carbonyl (C=O) groups is 1. The number of rotatable bonds is 4. The Kier molecular flexibility index (Phi) is 5.46. The summed E-state index contributed by atoms with van der Waals surface area (Å²) in [6, 6.07) is 8.91. The minimum absolute atomic E-state index is 0.0366. The molecule has 2 heterocycles. The average Bonchev–Trinajstić information content (AvgIpc) is 3.03. The van der Waals surface area contributed by atoms with E-state index < -0.39 is 12.1 Å². The molecule has 2 N–H and O–H groups in total. The maximum Gasteiger partial charge on any atom is 0.358 e. The number of oxime groups is 1. The van der Waals surface area contributed by atoms with E-state index in [1.54, 1.807) is 0 Å². The van der Waals surface area contributed by atoms with Gasteiger partial charge in [0.05, 0.1) is 16.4 Å². The molecule has 2 aromatic rings. The molecule has 0 aliphatic carbocycles. The Labute approximate surface area is 162 Å². The van der Waals surface area contributed by atoms with E-state index in [-0.39, 0.29) is 23.0 Å². The Morgan fingerprint density at radius 3 is 2.72 bits per heavy atom. The van der Waals surface area contributed by atoms with Crippen LogP contribution in [0.2, 0.25) is 5.02 Å². The summed E-state index contributed by atoms with van der Waals surface area (Å²) in [6.45, 7) is 0.0864. The number of anilines is 1. The number of halogens is 3. The minimum atomic E-state index is -0.675. The van der Waals surface area contributed by atoms with Crippen LogP contribution in [0, 0.1) is 0 Å². The summed E-state index contributed by atoms with van der Waals surface area (Å²) in [5, 5.41) is 4.01. The molecule has 1 aliphatic heterocycles. The van der Waals surface area contributed by atoms with E-state index >= 15 is 0 Å². The van der Waals surface area contributed by atoms with Gasteiger partial charge < -0.3 is 15.3 Å². The number of pyridine rings is 1. The van der Waals surface area contributed by atoms with Crippen LogP contribution in [0.4, 0.5) is 5.69 Å². The van der Waals surface area contributed by atoms with E-state index in [0.717, 1.165) is 10.0 Å². The quantitative estimate of drug-likeness (QED) is 0.703. The molecule has 0 saturated carbocycles. The zero-order valence-electron chi connectivity index (χ0n) is 12.7. The molecule has 1 aromatic carbocycles. The number of carbonyl (C=O) groups excluding carboxylic acids is 1. The van der Waals surface area contributed by atoms with Gasteiger partial charge in [0.1, 0.15) is 11.8 Å². The van der Waals surface area contributed by atoms with E-state index in [1.807, 2.05) is 24.3 Å². The number of esters is 1. The fourth-order valence-corrected chi connectivity index (χ4v) is 2.79. The summed E-state index contributed by atoms with van der Waals surface area (Å²) < 4.78 is 6.21. The lowest BCUT2D eigenvalue weighted by molar-refractivity contribution is 0.0462. The van der Waals surface area contributed by atoms with Crippen molar-refractivity contribution in [3.8, 4) is 0 Å². The first-order valence-electron chi connectivity index (χ1n) is 7.19. The molecule has 25 heavy (non-hydrogen) atoms. The lowest BCUT2D eigenvalue weighted by Crippen LogP contribution is -2.13. The van der Waals surface area contributed by atoms with Crippen LogP contribution in [-0.4, -0.2) is 16.1 Å². The van der Waals surface area contributed by atoms with Crippen LogP contribution in [0.1, 0.15) is 34.3 Å². The summed E-state index contributed by atoms with van der Waals surface area (Å²) in [4.78, 5) is 21.7. The van der Waals surface area contributed by atoms with Crippen molar-refractivity contribution in [3.05, 3.63) is 56.8 Å². The van der Waals surface area contributed by atoms with Gasteiger partial charge in [0.15, 0.2) is 11.8 Å². The molecule has 1 aromatic heterocycles. The van der Waals surface area contributed by atoms with Crippen LogP contribution >= 0.6 is 39.1 Å². The largest absolute Gasteiger partial charge is 0.456 e. The fraction of sp³-hybridized carbons (Fsp3) is 0.188. The van der Waals surface area contributed by atoms with Gasteiger partial charge in [-0.2, -0.15) is 0 Å². The van der Waals surface area contributed by atoms with Crippen molar-refractivity contribution in [2.75, 3.05) is 5.73 Å². The van der Waals surface area contributed by atoms with Crippen molar-refractivity contribution in [2.45, 2.75) is 19.1 Å². The highest BCUT2D eigenvalue weighted by molar-refractivity contribution is 9.10. The fourth-order valence-electron chi connectivity index (χ4n) is 2.17. The molecular weight excluding hydrogens is 433 g/mol. The molecule has 130 valence electrons. The van der Waals surface area contributed by atoms with Gasteiger partial charge in [-0.3, -0.25) is 0 Å². The number of nitrogens with zero attached hydrogens (tertiary/aromatic N) is 2. The third-order valence-corrected chi connectivity index (χ3v) is 4.59. The highest BCUT2D eigenvalue weighted by atomic mass is 79.9. The zero-order chi connectivity index (χ0) is 18.0. The smallest absolute Gasteiger partial charge is 0.358 e. The first-order chi connectivity index (χ1) is 11.9. The standard InChI is InChI=1S/C16H12BrCl2N3O3/c17-9-3-1-8(2-4-9)7-24-16(23)15-14(19)10(20)5-11(21-15)12-6-13(18)22-25-12/h1-5,12H,6-7H2,(H2,20,21). The van der Waals surface area contributed by atoms with Crippen LogP contribution in [0.5, 0.6) is 0 Å². The second-order valence-electron chi connectivity index (χ2n) is 5.27. The number of benzene rings is 1. The van der Waals surface area contributed by atoms with E-state index in [1.165, 1.54) is 6.07 Å². The van der Waals surface area contributed by atoms with Crippen molar-refractivity contribution < 1.29 is 14.4 Å². The van der Waals surface area contributed by atoms with Crippen molar-refractivity contribution in [3.63, 3.8) is 0 Å². The third-order valence-electron chi connectivity index (χ3n) is 3.44. The normalized spacial score (nSPS) is 16.3. The SMILES string of the molecule is Nc1cc(C2CC(Cl)=NO2)nc(C(=O)OCc2ccc(Br)cc2)c1Cl. The summed E-state index contributed by atoms with van der Waals surface area (Å²) in [7, 11) is 0. The van der Waals surface area contributed by atoms with Gasteiger partial charge in [0, 0.05) is 10.9 Å². The molecule has 0 fully saturated rings. The van der Waals surface area contributed by atoms with Crippen molar-refractivity contribution >= 4 is 56.0 Å². The Morgan fingerprint density at radius 1 is 1.36 bits per heavy atom.